The van der Waals surface area contributed by atoms with Crippen LogP contribution in [0.2, 0.25) is 0 Å². The molecule has 0 aliphatic heterocycles. The molecule has 1 aromatic rings. The molecule has 1 heterocycles. The van der Waals surface area contributed by atoms with Crippen molar-refractivity contribution in [3.63, 3.8) is 0 Å². The first-order valence-corrected chi connectivity index (χ1v) is 6.36. The predicted molar refractivity (Wildman–Crippen MR) is 74.3 cm³/mol. The summed E-state index contributed by atoms with van der Waals surface area (Å²) in [5.74, 6) is 0.0381. The van der Waals surface area contributed by atoms with Gasteiger partial charge in [-0.3, -0.25) is 9.78 Å². The second kappa shape index (κ2) is 6.50. The number of pyridine rings is 1. The van der Waals surface area contributed by atoms with E-state index in [-0.39, 0.29) is 11.3 Å². The van der Waals surface area contributed by atoms with Crippen LogP contribution in [0.5, 0.6) is 0 Å². The van der Waals surface area contributed by atoms with Gasteiger partial charge in [0.05, 0.1) is 11.4 Å². The number of aromatic nitrogens is 1. The highest BCUT2D eigenvalue weighted by atomic mass is 16.1. The fourth-order valence-corrected chi connectivity index (χ4v) is 1.80. The van der Waals surface area contributed by atoms with Crippen molar-refractivity contribution in [2.75, 3.05) is 11.9 Å². The van der Waals surface area contributed by atoms with Gasteiger partial charge in [-0.15, -0.1) is 0 Å². The van der Waals surface area contributed by atoms with Gasteiger partial charge in [-0.2, -0.15) is 0 Å². The van der Waals surface area contributed by atoms with Gasteiger partial charge in [0, 0.05) is 12.6 Å². The van der Waals surface area contributed by atoms with Gasteiger partial charge in [0.2, 0.25) is 5.91 Å². The Kier molecular flexibility index (Phi) is 5.28. The van der Waals surface area contributed by atoms with Crippen LogP contribution >= 0.6 is 0 Å². The first-order valence-electron chi connectivity index (χ1n) is 6.36. The Morgan fingerprint density at radius 1 is 1.44 bits per heavy atom. The fraction of sp³-hybridized carbons (Fsp3) is 0.571. The second-order valence-electron chi connectivity index (χ2n) is 5.39. The molecular weight excluding hydrogens is 226 g/mol. The summed E-state index contributed by atoms with van der Waals surface area (Å²) < 4.78 is 0. The first kappa shape index (κ1) is 14.6. The van der Waals surface area contributed by atoms with Gasteiger partial charge in [0.1, 0.15) is 0 Å². The molecule has 0 saturated heterocycles. The Labute approximate surface area is 109 Å². The van der Waals surface area contributed by atoms with Crippen LogP contribution in [0.3, 0.4) is 0 Å². The molecule has 0 unspecified atom stereocenters. The first-order chi connectivity index (χ1) is 8.44. The van der Waals surface area contributed by atoms with Crippen LogP contribution in [0.15, 0.2) is 18.3 Å². The van der Waals surface area contributed by atoms with E-state index in [9.17, 15) is 4.79 Å². The number of carbonyl (C=O) groups excluding carboxylic acids is 1. The summed E-state index contributed by atoms with van der Waals surface area (Å²) in [6, 6.07) is 3.69. The van der Waals surface area contributed by atoms with Crippen molar-refractivity contribution in [1.29, 1.82) is 0 Å². The summed E-state index contributed by atoms with van der Waals surface area (Å²) in [5.41, 5.74) is 7.31. The molecule has 1 rings (SSSR count). The van der Waals surface area contributed by atoms with Crippen LogP contribution in [0.4, 0.5) is 5.69 Å². The molecule has 0 radical (unpaired) electrons. The minimum absolute atomic E-state index is 0.0381. The van der Waals surface area contributed by atoms with E-state index in [1.165, 1.54) is 0 Å². The summed E-state index contributed by atoms with van der Waals surface area (Å²) >= 11 is 0. The summed E-state index contributed by atoms with van der Waals surface area (Å²) in [4.78, 5) is 16.0. The maximum atomic E-state index is 11.8. The number of aryl methyl sites for hydroxylation is 1. The molecule has 1 amide bonds. The highest BCUT2D eigenvalue weighted by Crippen LogP contribution is 2.26. The molecule has 0 saturated carbocycles. The van der Waals surface area contributed by atoms with E-state index in [1.807, 2.05) is 19.1 Å². The SMILES string of the molecule is Cc1ncccc1NC(=O)CCC(C)(C)CCN. The predicted octanol–water partition coefficient (Wildman–Crippen LogP) is 2.48. The number of anilines is 1. The van der Waals surface area contributed by atoms with Gasteiger partial charge in [-0.1, -0.05) is 13.8 Å². The number of hydrogen-bond acceptors (Lipinski definition) is 3. The van der Waals surface area contributed by atoms with Gasteiger partial charge in [0.25, 0.3) is 0 Å². The molecule has 0 aromatic carbocycles. The van der Waals surface area contributed by atoms with Crippen LogP contribution in [0, 0.1) is 12.3 Å². The van der Waals surface area contributed by atoms with Crippen molar-refractivity contribution >= 4 is 11.6 Å². The van der Waals surface area contributed by atoms with E-state index in [4.69, 9.17) is 5.73 Å². The van der Waals surface area contributed by atoms with Crippen molar-refractivity contribution in [3.05, 3.63) is 24.0 Å². The molecule has 0 bridgehead atoms. The van der Waals surface area contributed by atoms with Crippen molar-refractivity contribution in [2.45, 2.75) is 40.0 Å². The molecule has 0 aliphatic carbocycles. The monoisotopic (exact) mass is 249 g/mol. The fourth-order valence-electron chi connectivity index (χ4n) is 1.80. The Balaban J connectivity index is 2.46. The highest BCUT2D eigenvalue weighted by Gasteiger charge is 2.18. The lowest BCUT2D eigenvalue weighted by Crippen LogP contribution is -2.21. The second-order valence-corrected chi connectivity index (χ2v) is 5.39. The van der Waals surface area contributed by atoms with E-state index in [0.29, 0.717) is 13.0 Å². The molecule has 4 nitrogen and oxygen atoms in total. The van der Waals surface area contributed by atoms with Crippen molar-refractivity contribution in [3.8, 4) is 0 Å². The Bertz CT molecular complexity index is 402. The highest BCUT2D eigenvalue weighted by molar-refractivity contribution is 5.91. The molecule has 0 spiro atoms. The summed E-state index contributed by atoms with van der Waals surface area (Å²) in [6.45, 7) is 6.83. The van der Waals surface area contributed by atoms with Crippen molar-refractivity contribution < 1.29 is 4.79 Å². The maximum Gasteiger partial charge on any atom is 0.224 e. The number of nitrogens with one attached hydrogen (secondary N) is 1. The Morgan fingerprint density at radius 3 is 2.78 bits per heavy atom. The quantitative estimate of drug-likeness (QED) is 0.814. The molecule has 3 N–H and O–H groups in total. The lowest BCUT2D eigenvalue weighted by Gasteiger charge is -2.23. The zero-order valence-electron chi connectivity index (χ0n) is 11.5. The van der Waals surface area contributed by atoms with Crippen molar-refractivity contribution in [2.24, 2.45) is 11.1 Å². The molecular formula is C14H23N3O. The van der Waals surface area contributed by atoms with Crippen LogP contribution < -0.4 is 11.1 Å². The lowest BCUT2D eigenvalue weighted by atomic mass is 9.84. The molecule has 18 heavy (non-hydrogen) atoms. The van der Waals surface area contributed by atoms with E-state index >= 15 is 0 Å². The van der Waals surface area contributed by atoms with Crippen LogP contribution in [-0.4, -0.2) is 17.4 Å². The molecule has 0 aliphatic rings. The summed E-state index contributed by atoms with van der Waals surface area (Å²) in [6.07, 6.45) is 4.01. The van der Waals surface area contributed by atoms with E-state index in [2.05, 4.69) is 24.1 Å². The average molecular weight is 249 g/mol. The topological polar surface area (TPSA) is 68.0 Å². The third kappa shape index (κ3) is 4.84. The molecule has 1 aromatic heterocycles. The van der Waals surface area contributed by atoms with Crippen LogP contribution in [0.1, 0.15) is 38.8 Å². The largest absolute Gasteiger partial charge is 0.330 e. The smallest absolute Gasteiger partial charge is 0.224 e. The number of rotatable bonds is 6. The molecule has 0 atom stereocenters. The van der Waals surface area contributed by atoms with Gasteiger partial charge < -0.3 is 11.1 Å². The summed E-state index contributed by atoms with van der Waals surface area (Å²) in [5, 5.41) is 2.89. The van der Waals surface area contributed by atoms with Crippen LogP contribution in [-0.2, 0) is 4.79 Å². The minimum atomic E-state index is 0.0381. The number of nitrogens with two attached hydrogens (primary N) is 1. The average Bonchev–Trinajstić information content (AvgIpc) is 2.30. The van der Waals surface area contributed by atoms with Gasteiger partial charge in [0.15, 0.2) is 0 Å². The van der Waals surface area contributed by atoms with E-state index < -0.39 is 0 Å². The van der Waals surface area contributed by atoms with Gasteiger partial charge in [-0.05, 0) is 43.9 Å². The Morgan fingerprint density at radius 2 is 2.17 bits per heavy atom. The Hall–Kier alpha value is -1.42. The van der Waals surface area contributed by atoms with Crippen LogP contribution in [0.25, 0.3) is 0 Å². The number of amides is 1. The number of hydrogen-bond donors (Lipinski definition) is 2. The minimum Gasteiger partial charge on any atom is -0.330 e. The van der Waals surface area contributed by atoms with Crippen molar-refractivity contribution in [1.82, 2.24) is 4.98 Å². The number of nitrogens with zero attached hydrogens (tertiary/aromatic N) is 1. The summed E-state index contributed by atoms with van der Waals surface area (Å²) in [7, 11) is 0. The third-order valence-electron chi connectivity index (χ3n) is 3.13. The molecule has 100 valence electrons. The lowest BCUT2D eigenvalue weighted by molar-refractivity contribution is -0.116. The normalized spacial score (nSPS) is 11.3. The zero-order chi connectivity index (χ0) is 13.6. The molecule has 0 fully saturated rings. The third-order valence-corrected chi connectivity index (χ3v) is 3.13. The van der Waals surface area contributed by atoms with E-state index in [1.54, 1.807) is 6.20 Å². The van der Waals surface area contributed by atoms with Gasteiger partial charge >= 0.3 is 0 Å². The van der Waals surface area contributed by atoms with Gasteiger partial charge in [-0.25, -0.2) is 0 Å². The van der Waals surface area contributed by atoms with E-state index in [0.717, 1.165) is 24.2 Å². The zero-order valence-corrected chi connectivity index (χ0v) is 11.5. The standard InChI is InChI=1S/C14H23N3O/c1-11-12(5-4-10-16-11)17-13(18)6-7-14(2,3)8-9-15/h4-5,10H,6-9,15H2,1-3H3,(H,17,18). The molecule has 4 heteroatoms. The maximum absolute atomic E-state index is 11.8. The number of carbonyl (C=O) groups is 1.